The number of carbonyl (C=O) groups is 2. The number of benzene rings is 2. The minimum atomic E-state index is -0.604. The summed E-state index contributed by atoms with van der Waals surface area (Å²) >= 11 is 2.03. The summed E-state index contributed by atoms with van der Waals surface area (Å²) in [5, 5.41) is 12.3. The van der Waals surface area contributed by atoms with Gasteiger partial charge in [-0.25, -0.2) is 0 Å². The fourth-order valence-corrected chi connectivity index (χ4v) is 3.41. The summed E-state index contributed by atoms with van der Waals surface area (Å²) in [6.45, 7) is 3.75. The Bertz CT molecular complexity index is 984. The van der Waals surface area contributed by atoms with E-state index in [1.165, 1.54) is 6.08 Å². The first-order chi connectivity index (χ1) is 14.3. The fraction of sp³-hybridized carbons (Fsp3) is 0.227. The molecule has 0 unspecified atom stereocenters. The molecule has 2 amide bonds. The van der Waals surface area contributed by atoms with Crippen molar-refractivity contribution in [3.8, 4) is 17.6 Å². The number of hydrogen-bond donors (Lipinski definition) is 2. The van der Waals surface area contributed by atoms with Crippen molar-refractivity contribution in [2.24, 2.45) is 5.73 Å². The van der Waals surface area contributed by atoms with Crippen LogP contribution in [0.2, 0.25) is 0 Å². The van der Waals surface area contributed by atoms with Gasteiger partial charge in [-0.15, -0.1) is 0 Å². The Hall–Kier alpha value is -3.06. The van der Waals surface area contributed by atoms with Crippen LogP contribution in [0.4, 0.5) is 0 Å². The molecule has 0 saturated heterocycles. The molecule has 2 aromatic carbocycles. The number of halogens is 1. The van der Waals surface area contributed by atoms with E-state index >= 15 is 0 Å². The number of carbonyl (C=O) groups excluding carboxylic acids is 2. The van der Waals surface area contributed by atoms with Crippen molar-refractivity contribution >= 4 is 40.5 Å². The molecule has 0 aliphatic carbocycles. The molecule has 0 fully saturated rings. The molecule has 0 bridgehead atoms. The van der Waals surface area contributed by atoms with Crippen molar-refractivity contribution in [1.82, 2.24) is 5.32 Å². The maximum atomic E-state index is 12.6. The molecular weight excluding hydrogens is 497 g/mol. The molecule has 2 rings (SSSR count). The maximum absolute atomic E-state index is 12.6. The Balaban J connectivity index is 2.28. The number of primary amides is 1. The van der Waals surface area contributed by atoms with Crippen LogP contribution in [0.3, 0.4) is 0 Å². The van der Waals surface area contributed by atoms with Gasteiger partial charge in [0.15, 0.2) is 18.1 Å². The first kappa shape index (κ1) is 23.2. The lowest BCUT2D eigenvalue weighted by atomic mass is 10.1. The van der Waals surface area contributed by atoms with Crippen molar-refractivity contribution < 1.29 is 19.1 Å². The summed E-state index contributed by atoms with van der Waals surface area (Å²) in [6, 6.07) is 14.5. The van der Waals surface area contributed by atoms with E-state index in [-0.39, 0.29) is 18.2 Å². The number of nitrogens with zero attached hydrogens (tertiary/aromatic N) is 1. The average molecular weight is 519 g/mol. The summed E-state index contributed by atoms with van der Waals surface area (Å²) in [4.78, 5) is 23.6. The minimum absolute atomic E-state index is 0.0400. The van der Waals surface area contributed by atoms with Crippen molar-refractivity contribution in [2.75, 3.05) is 13.2 Å². The van der Waals surface area contributed by atoms with Crippen LogP contribution in [0.5, 0.6) is 11.5 Å². The van der Waals surface area contributed by atoms with Gasteiger partial charge in [-0.2, -0.15) is 5.26 Å². The van der Waals surface area contributed by atoms with Crippen LogP contribution in [0.15, 0.2) is 48.0 Å². The van der Waals surface area contributed by atoms with E-state index in [0.29, 0.717) is 27.2 Å². The highest BCUT2D eigenvalue weighted by molar-refractivity contribution is 14.1. The number of nitriles is 1. The van der Waals surface area contributed by atoms with Gasteiger partial charge >= 0.3 is 0 Å². The lowest BCUT2D eigenvalue weighted by molar-refractivity contribution is -0.120. The van der Waals surface area contributed by atoms with E-state index in [9.17, 15) is 14.9 Å². The van der Waals surface area contributed by atoms with Crippen LogP contribution >= 0.6 is 22.6 Å². The predicted octanol–water partition coefficient (Wildman–Crippen LogP) is 3.34. The molecule has 0 saturated carbocycles. The smallest absolute Gasteiger partial charge is 0.262 e. The number of nitrogens with two attached hydrogens (primary N) is 1. The van der Waals surface area contributed by atoms with Gasteiger partial charge in [0, 0.05) is 0 Å². The van der Waals surface area contributed by atoms with Gasteiger partial charge in [0.1, 0.15) is 11.6 Å². The number of hydrogen-bond acceptors (Lipinski definition) is 5. The second-order valence-corrected chi connectivity index (χ2v) is 7.46. The molecule has 0 aliphatic rings. The number of nitrogens with one attached hydrogen (secondary N) is 1. The summed E-state index contributed by atoms with van der Waals surface area (Å²) < 4.78 is 11.7. The largest absolute Gasteiger partial charge is 0.490 e. The third-order valence-electron chi connectivity index (χ3n) is 4.01. The van der Waals surface area contributed by atoms with Crippen molar-refractivity contribution in [2.45, 2.75) is 19.9 Å². The molecule has 0 aliphatic heterocycles. The molecule has 0 heterocycles. The van der Waals surface area contributed by atoms with Crippen LogP contribution < -0.4 is 20.5 Å². The van der Waals surface area contributed by atoms with E-state index in [2.05, 4.69) is 5.32 Å². The molecule has 3 N–H and O–H groups in total. The van der Waals surface area contributed by atoms with Crippen molar-refractivity contribution in [3.05, 3.63) is 62.7 Å². The zero-order valence-corrected chi connectivity index (χ0v) is 18.8. The number of ether oxygens (including phenoxy) is 2. The summed E-state index contributed by atoms with van der Waals surface area (Å²) in [5.41, 5.74) is 6.63. The Morgan fingerprint density at radius 3 is 2.57 bits per heavy atom. The first-order valence-electron chi connectivity index (χ1n) is 9.20. The molecule has 0 radical (unpaired) electrons. The quantitative estimate of drug-likeness (QED) is 0.300. The topological polar surface area (TPSA) is 114 Å². The average Bonchev–Trinajstić information content (AvgIpc) is 2.72. The Morgan fingerprint density at radius 1 is 1.27 bits per heavy atom. The molecule has 7 nitrogen and oxygen atoms in total. The van der Waals surface area contributed by atoms with Gasteiger partial charge in [-0.05, 0) is 65.8 Å². The zero-order valence-electron chi connectivity index (χ0n) is 16.6. The molecule has 30 heavy (non-hydrogen) atoms. The second-order valence-electron chi connectivity index (χ2n) is 6.29. The van der Waals surface area contributed by atoms with E-state index in [0.717, 1.165) is 5.56 Å². The minimum Gasteiger partial charge on any atom is -0.490 e. The fourth-order valence-electron chi connectivity index (χ4n) is 2.63. The Morgan fingerprint density at radius 2 is 1.97 bits per heavy atom. The highest BCUT2D eigenvalue weighted by Crippen LogP contribution is 2.35. The summed E-state index contributed by atoms with van der Waals surface area (Å²) in [7, 11) is 0. The van der Waals surface area contributed by atoms with Crippen LogP contribution in [0.1, 0.15) is 31.0 Å². The van der Waals surface area contributed by atoms with Gasteiger partial charge in [0.05, 0.1) is 16.2 Å². The van der Waals surface area contributed by atoms with Crippen LogP contribution in [0.25, 0.3) is 6.08 Å². The number of rotatable bonds is 9. The highest BCUT2D eigenvalue weighted by Gasteiger charge is 2.16. The predicted molar refractivity (Wildman–Crippen MR) is 122 cm³/mol. The second kappa shape index (κ2) is 11.2. The SMILES string of the molecule is CCOc1cc(/C=C(\C#N)C(=O)N[C@@H](C)c2ccccc2)cc(I)c1OCC(N)=O. The van der Waals surface area contributed by atoms with Gasteiger partial charge < -0.3 is 20.5 Å². The van der Waals surface area contributed by atoms with Crippen molar-refractivity contribution in [1.29, 1.82) is 5.26 Å². The van der Waals surface area contributed by atoms with Gasteiger partial charge in [0.2, 0.25) is 0 Å². The molecule has 0 spiro atoms. The lowest BCUT2D eigenvalue weighted by Gasteiger charge is -2.15. The molecule has 0 aromatic heterocycles. The highest BCUT2D eigenvalue weighted by atomic mass is 127. The molecule has 8 heteroatoms. The van der Waals surface area contributed by atoms with Crippen LogP contribution in [-0.4, -0.2) is 25.0 Å². The van der Waals surface area contributed by atoms with E-state index < -0.39 is 11.8 Å². The standard InChI is InChI=1S/C22H22IN3O4/c1-3-29-19-11-15(10-18(23)21(19)30-13-20(25)27)9-17(12-24)22(28)26-14(2)16-7-5-4-6-8-16/h4-11,14H,3,13H2,1-2H3,(H2,25,27)(H,26,28)/b17-9+/t14-/m0/s1. The number of amides is 2. The van der Waals surface area contributed by atoms with E-state index in [1.54, 1.807) is 12.1 Å². The van der Waals surface area contributed by atoms with Crippen LogP contribution in [-0.2, 0) is 9.59 Å². The van der Waals surface area contributed by atoms with Crippen molar-refractivity contribution in [3.63, 3.8) is 0 Å². The molecule has 2 aromatic rings. The summed E-state index contributed by atoms with van der Waals surface area (Å²) in [5.74, 6) is -0.301. The normalized spacial score (nSPS) is 11.9. The van der Waals surface area contributed by atoms with Crippen LogP contribution in [0, 0.1) is 14.9 Å². The molecule has 156 valence electrons. The van der Waals surface area contributed by atoms with Gasteiger partial charge in [0.25, 0.3) is 11.8 Å². The van der Waals surface area contributed by atoms with Gasteiger partial charge in [-0.3, -0.25) is 9.59 Å². The van der Waals surface area contributed by atoms with E-state index in [1.807, 2.05) is 72.8 Å². The maximum Gasteiger partial charge on any atom is 0.262 e. The first-order valence-corrected chi connectivity index (χ1v) is 10.3. The third-order valence-corrected chi connectivity index (χ3v) is 4.82. The zero-order chi connectivity index (χ0) is 22.1. The monoisotopic (exact) mass is 519 g/mol. The molecule has 1 atom stereocenters. The third kappa shape index (κ3) is 6.49. The Kier molecular flexibility index (Phi) is 8.68. The van der Waals surface area contributed by atoms with E-state index in [4.69, 9.17) is 15.2 Å². The Labute approximate surface area is 189 Å². The lowest BCUT2D eigenvalue weighted by Crippen LogP contribution is -2.27. The summed E-state index contributed by atoms with van der Waals surface area (Å²) in [6.07, 6.45) is 1.48. The molecular formula is C22H22IN3O4. The van der Waals surface area contributed by atoms with Gasteiger partial charge in [-0.1, -0.05) is 30.3 Å².